The maximum Gasteiger partial charge on any atom is 0.294 e. The van der Waals surface area contributed by atoms with Crippen LogP contribution in [0.2, 0.25) is 5.02 Å². The molecule has 0 saturated heterocycles. The molecule has 0 aliphatic rings. The van der Waals surface area contributed by atoms with Crippen LogP contribution < -0.4 is 0 Å². The minimum absolute atomic E-state index is 0.0485. The molecule has 0 atom stereocenters. The van der Waals surface area contributed by atoms with Gasteiger partial charge in [0.2, 0.25) is 0 Å². The number of phenolic OH excluding ortho intramolecular Hbond substituents is 1. The van der Waals surface area contributed by atoms with Gasteiger partial charge in [-0.25, -0.2) is 0 Å². The molecule has 25 heavy (non-hydrogen) atoms. The maximum atomic E-state index is 11.6. The summed E-state index contributed by atoms with van der Waals surface area (Å²) in [6.45, 7) is 5.44. The Morgan fingerprint density at radius 1 is 1.08 bits per heavy atom. The number of rotatable bonds is 2. The number of aromatic hydroxyl groups is 1. The molecule has 0 bridgehead atoms. The topological polar surface area (TPSA) is 105 Å². The van der Waals surface area contributed by atoms with Gasteiger partial charge in [-0.15, -0.1) is 15.0 Å². The highest BCUT2D eigenvalue weighted by Crippen LogP contribution is 2.37. The summed E-state index contributed by atoms with van der Waals surface area (Å²) in [5.41, 5.74) is 0.833. The van der Waals surface area contributed by atoms with E-state index in [9.17, 15) is 18.1 Å². The highest BCUT2D eigenvalue weighted by Gasteiger charge is 2.26. The van der Waals surface area contributed by atoms with Crippen LogP contribution in [-0.4, -0.2) is 33.1 Å². The summed E-state index contributed by atoms with van der Waals surface area (Å²) in [5.74, 6) is -0.161. The largest absolute Gasteiger partial charge is 0.505 e. The minimum Gasteiger partial charge on any atom is -0.505 e. The molecule has 132 valence electrons. The molecule has 3 aromatic rings. The third kappa shape index (κ3) is 3.33. The van der Waals surface area contributed by atoms with Crippen LogP contribution in [-0.2, 0) is 15.5 Å². The Balaban J connectivity index is 2.33. The lowest BCUT2D eigenvalue weighted by atomic mass is 9.86. The highest BCUT2D eigenvalue weighted by atomic mass is 35.5. The monoisotopic (exact) mass is 381 g/mol. The summed E-state index contributed by atoms with van der Waals surface area (Å²) >= 11 is 5.94. The molecule has 0 radical (unpaired) electrons. The van der Waals surface area contributed by atoms with Gasteiger partial charge in [-0.1, -0.05) is 32.4 Å². The zero-order valence-corrected chi connectivity index (χ0v) is 15.3. The molecule has 0 aliphatic carbocycles. The molecule has 9 heteroatoms. The number of fused-ring (bicyclic) bond motifs is 1. The molecular formula is C16H16ClN3O4S. The first kappa shape index (κ1) is 17.7. The number of nitrogens with zero attached hydrogens (tertiary/aromatic N) is 3. The van der Waals surface area contributed by atoms with E-state index in [1.54, 1.807) is 18.2 Å². The number of phenols is 1. The van der Waals surface area contributed by atoms with Crippen molar-refractivity contribution in [2.75, 3.05) is 0 Å². The van der Waals surface area contributed by atoms with E-state index in [-0.39, 0.29) is 16.3 Å². The van der Waals surface area contributed by atoms with Crippen LogP contribution in [0.15, 0.2) is 35.2 Å². The fraction of sp³-hybridized carbons (Fsp3) is 0.250. The predicted octanol–water partition coefficient (Wildman–Crippen LogP) is 3.32. The fourth-order valence-electron chi connectivity index (χ4n) is 2.46. The van der Waals surface area contributed by atoms with E-state index in [1.807, 2.05) is 20.8 Å². The fourth-order valence-corrected chi connectivity index (χ4v) is 3.16. The summed E-state index contributed by atoms with van der Waals surface area (Å²) in [7, 11) is -4.47. The van der Waals surface area contributed by atoms with Gasteiger partial charge in [-0.3, -0.25) is 4.55 Å². The molecule has 2 aromatic carbocycles. The van der Waals surface area contributed by atoms with Crippen LogP contribution in [0.4, 0.5) is 0 Å². The molecule has 0 saturated carbocycles. The lowest BCUT2D eigenvalue weighted by molar-refractivity contribution is 0.438. The second-order valence-corrected chi connectivity index (χ2v) is 8.54. The van der Waals surface area contributed by atoms with Crippen LogP contribution in [0.3, 0.4) is 0 Å². The molecule has 0 spiro atoms. The van der Waals surface area contributed by atoms with E-state index in [1.165, 1.54) is 6.07 Å². The Kier molecular flexibility index (Phi) is 4.02. The average Bonchev–Trinajstić information content (AvgIpc) is 2.87. The van der Waals surface area contributed by atoms with Gasteiger partial charge in [0.05, 0.1) is 4.90 Å². The lowest BCUT2D eigenvalue weighted by Gasteiger charge is -2.22. The number of hydrogen-bond donors (Lipinski definition) is 2. The minimum atomic E-state index is -4.47. The first-order valence-corrected chi connectivity index (χ1v) is 9.16. The third-order valence-electron chi connectivity index (χ3n) is 3.73. The second kappa shape index (κ2) is 5.69. The van der Waals surface area contributed by atoms with Crippen molar-refractivity contribution in [3.05, 3.63) is 40.9 Å². The van der Waals surface area contributed by atoms with Crippen LogP contribution >= 0.6 is 11.6 Å². The van der Waals surface area contributed by atoms with Gasteiger partial charge in [-0.05, 0) is 35.7 Å². The van der Waals surface area contributed by atoms with Crippen LogP contribution in [0.5, 0.6) is 5.75 Å². The molecule has 0 fully saturated rings. The number of halogens is 1. The van der Waals surface area contributed by atoms with Crippen molar-refractivity contribution in [1.82, 2.24) is 15.0 Å². The van der Waals surface area contributed by atoms with E-state index >= 15 is 0 Å². The second-order valence-electron chi connectivity index (χ2n) is 6.69. The van der Waals surface area contributed by atoms with Gasteiger partial charge in [0.1, 0.15) is 22.5 Å². The van der Waals surface area contributed by atoms with E-state index in [0.717, 1.165) is 10.9 Å². The molecule has 2 N–H and O–H groups in total. The summed E-state index contributed by atoms with van der Waals surface area (Å²) in [4.78, 5) is 0.782. The number of benzene rings is 2. The predicted molar refractivity (Wildman–Crippen MR) is 94.1 cm³/mol. The molecule has 3 rings (SSSR count). The van der Waals surface area contributed by atoms with Gasteiger partial charge in [0.25, 0.3) is 10.1 Å². The van der Waals surface area contributed by atoms with Gasteiger partial charge in [0, 0.05) is 10.6 Å². The molecule has 7 nitrogen and oxygen atoms in total. The van der Waals surface area contributed by atoms with Crippen molar-refractivity contribution in [3.8, 4) is 11.4 Å². The third-order valence-corrected chi connectivity index (χ3v) is 4.79. The van der Waals surface area contributed by atoms with Crippen molar-refractivity contribution < 1.29 is 18.1 Å². The summed E-state index contributed by atoms with van der Waals surface area (Å²) in [6, 6.07) is 7.29. The van der Waals surface area contributed by atoms with Crippen molar-refractivity contribution >= 4 is 32.8 Å². The van der Waals surface area contributed by atoms with Gasteiger partial charge < -0.3 is 5.11 Å². The molecule has 0 unspecified atom stereocenters. The van der Waals surface area contributed by atoms with Crippen molar-refractivity contribution in [2.24, 2.45) is 0 Å². The Morgan fingerprint density at radius 2 is 1.72 bits per heavy atom. The summed E-state index contributed by atoms with van der Waals surface area (Å²) in [6.07, 6.45) is 0. The number of hydrogen-bond acceptors (Lipinski definition) is 5. The first-order chi connectivity index (χ1) is 11.5. The van der Waals surface area contributed by atoms with Crippen molar-refractivity contribution in [3.63, 3.8) is 0 Å². The maximum absolute atomic E-state index is 11.6. The first-order valence-electron chi connectivity index (χ1n) is 7.35. The summed E-state index contributed by atoms with van der Waals surface area (Å²) < 4.78 is 32.7. The zero-order chi connectivity index (χ0) is 18.6. The Hall–Kier alpha value is -2.16. The van der Waals surface area contributed by atoms with E-state index < -0.39 is 15.5 Å². The molecular weight excluding hydrogens is 366 g/mol. The zero-order valence-electron chi connectivity index (χ0n) is 13.7. The average molecular weight is 382 g/mol. The van der Waals surface area contributed by atoms with E-state index in [4.69, 9.17) is 11.6 Å². The molecule has 0 aliphatic heterocycles. The standard InChI is InChI=1S/C16H16ClN3O4S/c1-16(2,3)11-7-10(25(22,23)24)8-14(15(11)21)20-18-12-5-4-9(17)6-13(12)19-20/h4-8,21H,1-3H3,(H,22,23,24). The van der Waals surface area contributed by atoms with E-state index in [0.29, 0.717) is 21.6 Å². The van der Waals surface area contributed by atoms with Crippen LogP contribution in [0.25, 0.3) is 16.7 Å². The Bertz CT molecular complexity index is 1080. The SMILES string of the molecule is CC(C)(C)c1cc(S(=O)(=O)O)cc(-n2nc3ccc(Cl)cc3n2)c1O. The van der Waals surface area contributed by atoms with Gasteiger partial charge in [-0.2, -0.15) is 8.42 Å². The van der Waals surface area contributed by atoms with Crippen molar-refractivity contribution in [1.29, 1.82) is 0 Å². The smallest absolute Gasteiger partial charge is 0.294 e. The molecule has 1 aromatic heterocycles. The van der Waals surface area contributed by atoms with E-state index in [2.05, 4.69) is 10.2 Å². The molecule has 0 amide bonds. The van der Waals surface area contributed by atoms with Crippen LogP contribution in [0, 0.1) is 0 Å². The van der Waals surface area contributed by atoms with Crippen molar-refractivity contribution in [2.45, 2.75) is 31.1 Å². The highest BCUT2D eigenvalue weighted by molar-refractivity contribution is 7.85. The quantitative estimate of drug-likeness (QED) is 0.659. The van der Waals surface area contributed by atoms with Crippen LogP contribution in [0.1, 0.15) is 26.3 Å². The van der Waals surface area contributed by atoms with Gasteiger partial charge >= 0.3 is 0 Å². The number of aromatic nitrogens is 3. The van der Waals surface area contributed by atoms with Gasteiger partial charge in [0.15, 0.2) is 0 Å². The lowest BCUT2D eigenvalue weighted by Crippen LogP contribution is -2.15. The normalized spacial score (nSPS) is 12.7. The Labute approximate surface area is 149 Å². The Morgan fingerprint density at radius 3 is 2.32 bits per heavy atom. The molecule has 1 heterocycles. The summed E-state index contributed by atoms with van der Waals surface area (Å²) in [5, 5.41) is 19.6.